The van der Waals surface area contributed by atoms with E-state index >= 15 is 0 Å². The molecular weight excluding hydrogens is 176 g/mol. The highest BCUT2D eigenvalue weighted by molar-refractivity contribution is 5.21. The second-order valence-corrected chi connectivity index (χ2v) is 2.98. The van der Waals surface area contributed by atoms with Crippen LogP contribution < -0.4 is 5.48 Å². The smallest absolute Gasteiger partial charge is 0.159 e. The minimum atomic E-state index is -0.817. The Hall–Kier alpha value is -1.00. The molecule has 2 nitrogen and oxygen atoms in total. The number of hydroxylamine groups is 1. The van der Waals surface area contributed by atoms with Crippen LogP contribution in [0.25, 0.3) is 0 Å². The quantitative estimate of drug-likeness (QED) is 0.721. The van der Waals surface area contributed by atoms with Gasteiger partial charge in [-0.05, 0) is 24.1 Å². The first-order valence-electron chi connectivity index (χ1n) is 4.09. The van der Waals surface area contributed by atoms with E-state index in [9.17, 15) is 8.78 Å². The van der Waals surface area contributed by atoms with Crippen molar-refractivity contribution >= 4 is 0 Å². The molecule has 1 aromatic carbocycles. The van der Waals surface area contributed by atoms with Crippen LogP contribution in [0.5, 0.6) is 0 Å². The molecule has 1 aromatic rings. The van der Waals surface area contributed by atoms with Crippen LogP contribution in [0.2, 0.25) is 0 Å². The fourth-order valence-corrected chi connectivity index (χ4v) is 1.36. The first-order chi connectivity index (χ1) is 6.27. The van der Waals surface area contributed by atoms with Gasteiger partial charge in [-0.25, -0.2) is 8.78 Å². The molecule has 0 radical (unpaired) electrons. The van der Waals surface area contributed by atoms with Gasteiger partial charge in [0.1, 0.15) is 0 Å². The molecular formula is C9H9F2NO. The molecule has 4 heteroatoms. The maximum absolute atomic E-state index is 12.8. The van der Waals surface area contributed by atoms with Crippen LogP contribution in [0.1, 0.15) is 18.0 Å². The summed E-state index contributed by atoms with van der Waals surface area (Å²) in [7, 11) is 0. The van der Waals surface area contributed by atoms with E-state index in [4.69, 9.17) is 4.84 Å². The summed E-state index contributed by atoms with van der Waals surface area (Å²) in [5.74, 6) is -1.63. The number of halogens is 2. The average Bonchev–Trinajstić information content (AvgIpc) is 2.62. The minimum absolute atomic E-state index is 0.0184. The van der Waals surface area contributed by atoms with E-state index in [0.29, 0.717) is 6.61 Å². The molecule has 1 heterocycles. The summed E-state index contributed by atoms with van der Waals surface area (Å²) in [6.45, 7) is 0.601. The maximum Gasteiger partial charge on any atom is 0.159 e. The van der Waals surface area contributed by atoms with Crippen molar-refractivity contribution < 1.29 is 13.6 Å². The van der Waals surface area contributed by atoms with E-state index < -0.39 is 11.6 Å². The summed E-state index contributed by atoms with van der Waals surface area (Å²) in [6.07, 6.45) is 0.783. The van der Waals surface area contributed by atoms with Gasteiger partial charge >= 0.3 is 0 Å². The Morgan fingerprint density at radius 3 is 2.77 bits per heavy atom. The van der Waals surface area contributed by atoms with Crippen molar-refractivity contribution in [2.45, 2.75) is 12.5 Å². The number of nitrogens with one attached hydrogen (secondary N) is 1. The summed E-state index contributed by atoms with van der Waals surface area (Å²) in [5.41, 5.74) is 3.45. The first kappa shape index (κ1) is 8.59. The van der Waals surface area contributed by atoms with Gasteiger partial charge in [0.05, 0.1) is 12.6 Å². The van der Waals surface area contributed by atoms with Gasteiger partial charge < -0.3 is 4.84 Å². The molecule has 1 N–H and O–H groups in total. The van der Waals surface area contributed by atoms with Crippen molar-refractivity contribution in [2.75, 3.05) is 6.61 Å². The molecule has 0 aromatic heterocycles. The van der Waals surface area contributed by atoms with E-state index in [0.717, 1.165) is 18.1 Å². The summed E-state index contributed by atoms with van der Waals surface area (Å²) in [4.78, 5) is 4.92. The van der Waals surface area contributed by atoms with Crippen molar-refractivity contribution in [1.82, 2.24) is 5.48 Å². The predicted octanol–water partition coefficient (Wildman–Crippen LogP) is 1.93. The zero-order valence-electron chi connectivity index (χ0n) is 6.89. The fraction of sp³-hybridized carbons (Fsp3) is 0.333. The molecule has 1 fully saturated rings. The van der Waals surface area contributed by atoms with E-state index in [-0.39, 0.29) is 6.04 Å². The van der Waals surface area contributed by atoms with E-state index in [1.165, 1.54) is 6.07 Å². The van der Waals surface area contributed by atoms with Gasteiger partial charge in [-0.1, -0.05) is 6.07 Å². The largest absolute Gasteiger partial charge is 0.301 e. The second kappa shape index (κ2) is 3.40. The molecule has 0 spiro atoms. The molecule has 1 atom stereocenters. The van der Waals surface area contributed by atoms with E-state index in [2.05, 4.69) is 5.48 Å². The molecule has 2 rings (SSSR count). The molecule has 13 heavy (non-hydrogen) atoms. The summed E-state index contributed by atoms with van der Waals surface area (Å²) in [5, 5.41) is 0. The highest BCUT2D eigenvalue weighted by Crippen LogP contribution is 2.22. The molecule has 1 aliphatic rings. The van der Waals surface area contributed by atoms with Crippen molar-refractivity contribution in [3.63, 3.8) is 0 Å². The van der Waals surface area contributed by atoms with Gasteiger partial charge in [-0.2, -0.15) is 5.48 Å². The third-order valence-corrected chi connectivity index (χ3v) is 2.08. The van der Waals surface area contributed by atoms with Crippen molar-refractivity contribution in [3.8, 4) is 0 Å². The Balaban J connectivity index is 2.25. The zero-order valence-corrected chi connectivity index (χ0v) is 6.89. The van der Waals surface area contributed by atoms with Crippen molar-refractivity contribution in [2.24, 2.45) is 0 Å². The summed E-state index contributed by atoms with van der Waals surface area (Å²) < 4.78 is 25.3. The lowest BCUT2D eigenvalue weighted by Crippen LogP contribution is -2.11. The Morgan fingerprint density at radius 1 is 1.31 bits per heavy atom. The van der Waals surface area contributed by atoms with Gasteiger partial charge in [0, 0.05) is 0 Å². The zero-order chi connectivity index (χ0) is 9.26. The lowest BCUT2D eigenvalue weighted by Gasteiger charge is -2.08. The van der Waals surface area contributed by atoms with Crippen LogP contribution in [0.3, 0.4) is 0 Å². The lowest BCUT2D eigenvalue weighted by molar-refractivity contribution is 0.0882. The Labute approximate surface area is 74.5 Å². The third kappa shape index (κ3) is 1.68. The normalized spacial score (nSPS) is 22.2. The van der Waals surface area contributed by atoms with E-state index in [1.54, 1.807) is 6.07 Å². The molecule has 0 bridgehead atoms. The number of benzene rings is 1. The third-order valence-electron chi connectivity index (χ3n) is 2.08. The fourth-order valence-electron chi connectivity index (χ4n) is 1.36. The molecule has 0 amide bonds. The standard InChI is InChI=1S/C9H9F2NO/c10-7-2-1-6(5-8(7)11)9-3-4-13-12-9/h1-2,5,9,12H,3-4H2/t9-/m1/s1. The van der Waals surface area contributed by atoms with Crippen LogP contribution in [0, 0.1) is 11.6 Å². The van der Waals surface area contributed by atoms with Crippen LogP contribution in [0.4, 0.5) is 8.78 Å². The average molecular weight is 185 g/mol. The second-order valence-electron chi connectivity index (χ2n) is 2.98. The Morgan fingerprint density at radius 2 is 2.15 bits per heavy atom. The molecule has 1 saturated heterocycles. The Bertz CT molecular complexity index is 310. The lowest BCUT2D eigenvalue weighted by atomic mass is 10.1. The van der Waals surface area contributed by atoms with Gasteiger partial charge in [0.15, 0.2) is 11.6 Å². The van der Waals surface area contributed by atoms with Gasteiger partial charge in [-0.3, -0.25) is 0 Å². The molecule has 0 unspecified atom stereocenters. The van der Waals surface area contributed by atoms with Gasteiger partial charge in [0.25, 0.3) is 0 Å². The molecule has 0 aliphatic carbocycles. The van der Waals surface area contributed by atoms with Crippen LogP contribution >= 0.6 is 0 Å². The summed E-state index contributed by atoms with van der Waals surface area (Å²) >= 11 is 0. The Kier molecular flexibility index (Phi) is 2.24. The predicted molar refractivity (Wildman–Crippen MR) is 42.8 cm³/mol. The van der Waals surface area contributed by atoms with Crippen molar-refractivity contribution in [3.05, 3.63) is 35.4 Å². The minimum Gasteiger partial charge on any atom is -0.301 e. The van der Waals surface area contributed by atoms with Crippen molar-refractivity contribution in [1.29, 1.82) is 0 Å². The highest BCUT2D eigenvalue weighted by atomic mass is 19.2. The van der Waals surface area contributed by atoms with Gasteiger partial charge in [0.2, 0.25) is 0 Å². The van der Waals surface area contributed by atoms with Crippen LogP contribution in [-0.2, 0) is 4.84 Å². The highest BCUT2D eigenvalue weighted by Gasteiger charge is 2.18. The van der Waals surface area contributed by atoms with Crippen LogP contribution in [0.15, 0.2) is 18.2 Å². The van der Waals surface area contributed by atoms with E-state index in [1.807, 2.05) is 0 Å². The molecule has 1 aliphatic heterocycles. The first-order valence-corrected chi connectivity index (χ1v) is 4.09. The maximum atomic E-state index is 12.8. The molecule has 70 valence electrons. The monoisotopic (exact) mass is 185 g/mol. The summed E-state index contributed by atoms with van der Waals surface area (Å²) in [6, 6.07) is 3.87. The topological polar surface area (TPSA) is 21.3 Å². The molecule has 0 saturated carbocycles. The number of hydrogen-bond donors (Lipinski definition) is 1. The van der Waals surface area contributed by atoms with Gasteiger partial charge in [-0.15, -0.1) is 0 Å². The SMILES string of the molecule is Fc1ccc([C@H]2CCON2)cc1F. The number of rotatable bonds is 1. The van der Waals surface area contributed by atoms with Crippen LogP contribution in [-0.4, -0.2) is 6.61 Å². The number of hydrogen-bond acceptors (Lipinski definition) is 2.